The summed E-state index contributed by atoms with van der Waals surface area (Å²) in [5, 5.41) is 11.1. The van der Waals surface area contributed by atoms with Crippen LogP contribution in [-0.2, 0) is 18.4 Å². The number of halogens is 4. The summed E-state index contributed by atoms with van der Waals surface area (Å²) < 4.78 is 60.5. The number of amides is 1. The van der Waals surface area contributed by atoms with Crippen LogP contribution in [0, 0.1) is 11.9 Å². The lowest BCUT2D eigenvalue weighted by atomic mass is 10.0. The molecule has 2 atom stereocenters. The fourth-order valence-electron chi connectivity index (χ4n) is 3.65. The highest BCUT2D eigenvalue weighted by Crippen LogP contribution is 2.35. The topological polar surface area (TPSA) is 74.0 Å². The Balaban J connectivity index is 0.00000149. The van der Waals surface area contributed by atoms with Crippen molar-refractivity contribution in [2.24, 2.45) is 13.0 Å². The van der Waals surface area contributed by atoms with Crippen molar-refractivity contribution >= 4 is 16.8 Å². The molecule has 0 radical (unpaired) electrons. The van der Waals surface area contributed by atoms with Gasteiger partial charge in [0.2, 0.25) is 11.9 Å². The summed E-state index contributed by atoms with van der Waals surface area (Å²) >= 11 is 0. The molecule has 7 nitrogen and oxygen atoms in total. The highest BCUT2D eigenvalue weighted by atomic mass is 19.4. The molecule has 180 valence electrons. The number of nitrogens with one attached hydrogen (secondary N) is 1. The van der Waals surface area contributed by atoms with Gasteiger partial charge in [-0.2, -0.15) is 27.8 Å². The zero-order chi connectivity index (χ0) is 24.3. The standard InChI is InChI=1S/C20H21F4N5O2.C2H6/c1-11(13-7-17(30)25-8-13)31-16-6-12(5-15-18(16)19(21)28(2)27-15)14-9-26-29(10-14)4-3-20(22,23)24;1-2/h5-6,9-11,13H,3-4,7-8H2,1-2H3,(H,25,30);1-2H3/t11-,13-;/m1./s1. The van der Waals surface area contributed by atoms with Crippen LogP contribution in [0.15, 0.2) is 24.5 Å². The van der Waals surface area contributed by atoms with Gasteiger partial charge < -0.3 is 10.1 Å². The molecule has 1 aromatic carbocycles. The summed E-state index contributed by atoms with van der Waals surface area (Å²) in [6, 6.07) is 3.26. The molecule has 1 amide bonds. The van der Waals surface area contributed by atoms with Crippen LogP contribution >= 0.6 is 0 Å². The Morgan fingerprint density at radius 1 is 1.27 bits per heavy atom. The first-order valence-electron chi connectivity index (χ1n) is 10.8. The average Bonchev–Trinajstić information content (AvgIpc) is 3.47. The number of aromatic nitrogens is 4. The van der Waals surface area contributed by atoms with Gasteiger partial charge in [-0.1, -0.05) is 13.8 Å². The van der Waals surface area contributed by atoms with Crippen molar-refractivity contribution in [2.45, 2.75) is 52.4 Å². The van der Waals surface area contributed by atoms with E-state index in [9.17, 15) is 22.4 Å². The number of aryl methyl sites for hydroxylation is 2. The molecule has 0 aliphatic carbocycles. The maximum atomic E-state index is 14.7. The molecule has 3 heterocycles. The van der Waals surface area contributed by atoms with Gasteiger partial charge in [0.15, 0.2) is 0 Å². The van der Waals surface area contributed by atoms with Crippen molar-refractivity contribution in [1.82, 2.24) is 24.9 Å². The van der Waals surface area contributed by atoms with Crippen molar-refractivity contribution in [3.63, 3.8) is 0 Å². The van der Waals surface area contributed by atoms with Crippen LogP contribution in [0.3, 0.4) is 0 Å². The minimum absolute atomic E-state index is 0.0572. The van der Waals surface area contributed by atoms with E-state index < -0.39 is 18.5 Å². The van der Waals surface area contributed by atoms with E-state index in [0.29, 0.717) is 29.6 Å². The van der Waals surface area contributed by atoms with Crippen LogP contribution in [0.5, 0.6) is 5.75 Å². The first-order valence-corrected chi connectivity index (χ1v) is 10.8. The summed E-state index contributed by atoms with van der Waals surface area (Å²) in [7, 11) is 1.47. The van der Waals surface area contributed by atoms with Crippen molar-refractivity contribution in [3.05, 3.63) is 30.5 Å². The molecule has 1 aliphatic heterocycles. The van der Waals surface area contributed by atoms with Crippen LogP contribution < -0.4 is 10.1 Å². The lowest BCUT2D eigenvalue weighted by molar-refractivity contribution is -0.137. The van der Waals surface area contributed by atoms with Gasteiger partial charge in [0.25, 0.3) is 0 Å². The van der Waals surface area contributed by atoms with E-state index in [1.54, 1.807) is 12.1 Å². The van der Waals surface area contributed by atoms with E-state index in [0.717, 1.165) is 4.68 Å². The molecule has 3 aromatic rings. The number of carbonyl (C=O) groups is 1. The zero-order valence-corrected chi connectivity index (χ0v) is 18.9. The number of hydrogen-bond acceptors (Lipinski definition) is 4. The molecule has 1 N–H and O–H groups in total. The maximum absolute atomic E-state index is 14.7. The Hall–Kier alpha value is -3.11. The van der Waals surface area contributed by atoms with Gasteiger partial charge in [-0.15, -0.1) is 0 Å². The summed E-state index contributed by atoms with van der Waals surface area (Å²) in [5.74, 6) is -0.424. The molecule has 33 heavy (non-hydrogen) atoms. The number of benzene rings is 1. The van der Waals surface area contributed by atoms with E-state index >= 15 is 0 Å². The number of fused-ring (bicyclic) bond motifs is 1. The van der Waals surface area contributed by atoms with Crippen LogP contribution in [-0.4, -0.2) is 44.3 Å². The second-order valence-electron chi connectivity index (χ2n) is 7.73. The number of rotatable bonds is 6. The molecule has 0 spiro atoms. The number of ether oxygens (including phenoxy) is 1. The summed E-state index contributed by atoms with van der Waals surface area (Å²) in [5.41, 5.74) is 1.50. The summed E-state index contributed by atoms with van der Waals surface area (Å²) in [6.45, 7) is 5.99. The van der Waals surface area contributed by atoms with E-state index in [1.807, 2.05) is 20.8 Å². The highest BCUT2D eigenvalue weighted by molar-refractivity contribution is 5.90. The lowest BCUT2D eigenvalue weighted by Crippen LogP contribution is -2.25. The van der Waals surface area contributed by atoms with E-state index in [2.05, 4.69) is 15.5 Å². The third kappa shape index (κ3) is 5.63. The lowest BCUT2D eigenvalue weighted by Gasteiger charge is -2.20. The van der Waals surface area contributed by atoms with Crippen LogP contribution in [0.1, 0.15) is 33.6 Å². The van der Waals surface area contributed by atoms with Gasteiger partial charge in [0, 0.05) is 44.2 Å². The Morgan fingerprint density at radius 2 is 2.00 bits per heavy atom. The Labute approximate surface area is 188 Å². The first kappa shape index (κ1) is 24.5. The molecule has 4 rings (SSSR count). The number of carbonyl (C=O) groups excluding carboxylic acids is 1. The average molecular weight is 469 g/mol. The molecular weight excluding hydrogens is 442 g/mol. The monoisotopic (exact) mass is 469 g/mol. The Morgan fingerprint density at radius 3 is 2.64 bits per heavy atom. The van der Waals surface area contributed by atoms with Gasteiger partial charge in [-0.3, -0.25) is 9.48 Å². The van der Waals surface area contributed by atoms with Crippen LogP contribution in [0.4, 0.5) is 17.6 Å². The molecule has 0 unspecified atom stereocenters. The minimum Gasteiger partial charge on any atom is -0.489 e. The predicted octanol–water partition coefficient (Wildman–Crippen LogP) is 4.46. The van der Waals surface area contributed by atoms with E-state index in [4.69, 9.17) is 4.74 Å². The fraction of sp³-hybridized carbons (Fsp3) is 0.500. The second kappa shape index (κ2) is 9.80. The van der Waals surface area contributed by atoms with Gasteiger partial charge in [0.05, 0.1) is 23.5 Å². The van der Waals surface area contributed by atoms with Crippen molar-refractivity contribution in [2.75, 3.05) is 6.54 Å². The van der Waals surface area contributed by atoms with Gasteiger partial charge in [-0.25, -0.2) is 4.68 Å². The molecule has 0 bridgehead atoms. The van der Waals surface area contributed by atoms with Crippen molar-refractivity contribution in [3.8, 4) is 16.9 Å². The molecule has 11 heteroatoms. The van der Waals surface area contributed by atoms with Gasteiger partial charge in [-0.05, 0) is 24.6 Å². The number of hydrogen-bond donors (Lipinski definition) is 1. The fourth-order valence-corrected chi connectivity index (χ4v) is 3.65. The quantitative estimate of drug-likeness (QED) is 0.541. The summed E-state index contributed by atoms with van der Waals surface area (Å²) in [6.07, 6.45) is -2.36. The predicted molar refractivity (Wildman–Crippen MR) is 115 cm³/mol. The molecular formula is C22H27F4N5O2. The summed E-state index contributed by atoms with van der Waals surface area (Å²) in [4.78, 5) is 11.5. The van der Waals surface area contributed by atoms with Gasteiger partial charge in [0.1, 0.15) is 11.9 Å². The number of nitrogens with zero attached hydrogens (tertiary/aromatic N) is 4. The Bertz CT molecular complexity index is 1120. The normalized spacial score (nSPS) is 17.0. The molecule has 1 saturated heterocycles. The van der Waals surface area contributed by atoms with E-state index in [1.165, 1.54) is 24.1 Å². The number of alkyl halides is 3. The largest absolute Gasteiger partial charge is 0.489 e. The zero-order valence-electron chi connectivity index (χ0n) is 18.9. The smallest absolute Gasteiger partial charge is 0.390 e. The first-order chi connectivity index (χ1) is 15.6. The Kier molecular flexibility index (Phi) is 7.28. The van der Waals surface area contributed by atoms with Crippen molar-refractivity contribution < 1.29 is 27.1 Å². The second-order valence-corrected chi connectivity index (χ2v) is 7.73. The SMILES string of the molecule is CC.C[C@@H](Oc1cc(-c2cnn(CCC(F)(F)F)c2)cc2nn(C)c(F)c12)[C@H]1CNC(=O)C1. The molecule has 1 aliphatic rings. The third-order valence-electron chi connectivity index (χ3n) is 5.41. The van der Waals surface area contributed by atoms with E-state index in [-0.39, 0.29) is 35.6 Å². The minimum atomic E-state index is -4.27. The van der Waals surface area contributed by atoms with Crippen LogP contribution in [0.25, 0.3) is 22.0 Å². The molecule has 1 fully saturated rings. The van der Waals surface area contributed by atoms with Gasteiger partial charge >= 0.3 is 6.18 Å². The third-order valence-corrected chi connectivity index (χ3v) is 5.41. The van der Waals surface area contributed by atoms with Crippen molar-refractivity contribution in [1.29, 1.82) is 0 Å². The van der Waals surface area contributed by atoms with Crippen LogP contribution in [0.2, 0.25) is 0 Å². The molecule has 0 saturated carbocycles. The maximum Gasteiger partial charge on any atom is 0.390 e. The highest BCUT2D eigenvalue weighted by Gasteiger charge is 2.29. The molecule has 2 aromatic heterocycles.